The van der Waals surface area contributed by atoms with Crippen LogP contribution in [0.5, 0.6) is 0 Å². The SMILES string of the molecule is CC.CC.CCCOCc1ccccc1.[CH2-]CC.[W]=[N]Cc1ccccc1. The minimum atomic E-state index is 0.745. The van der Waals surface area contributed by atoms with Crippen LogP contribution in [0.4, 0.5) is 0 Å². The van der Waals surface area contributed by atoms with Crippen LogP contribution in [0.3, 0.4) is 0 Å². The maximum absolute atomic E-state index is 5.37. The van der Waals surface area contributed by atoms with E-state index in [4.69, 9.17) is 4.74 Å². The zero-order valence-corrected chi connectivity index (χ0v) is 21.2. The van der Waals surface area contributed by atoms with Crippen LogP contribution < -0.4 is 0 Å². The van der Waals surface area contributed by atoms with E-state index in [9.17, 15) is 0 Å². The Morgan fingerprint density at radius 2 is 1.22 bits per heavy atom. The first-order chi connectivity index (χ1) is 13.3. The van der Waals surface area contributed by atoms with Gasteiger partial charge in [0.15, 0.2) is 0 Å². The van der Waals surface area contributed by atoms with E-state index >= 15 is 0 Å². The molecule has 0 aromatic heterocycles. The molecule has 0 aliphatic carbocycles. The molecule has 27 heavy (non-hydrogen) atoms. The molecule has 0 fully saturated rings. The standard InChI is InChI=1S/C10H14O.C7H7N.C3H7.2C2H6.W/c1-2-8-11-9-10-6-4-3-5-7-10;8-6-7-4-2-1-3-5-7;1-3-2;2*1-2;/h3-7H,2,8-9H2,1H3;1-5H,6H2;1,3H2,2H3;2*1-2H3;/q;;-1;;;. The number of rotatable bonds is 6. The van der Waals surface area contributed by atoms with Gasteiger partial charge in [-0.1, -0.05) is 71.9 Å². The molecule has 0 saturated heterocycles. The van der Waals surface area contributed by atoms with Gasteiger partial charge in [0.25, 0.3) is 0 Å². The van der Waals surface area contributed by atoms with Crippen molar-refractivity contribution in [3.8, 4) is 0 Å². The first-order valence-corrected chi connectivity index (χ1v) is 11.3. The summed E-state index contributed by atoms with van der Waals surface area (Å²) in [5, 5.41) is 0. The Morgan fingerprint density at radius 3 is 1.59 bits per heavy atom. The van der Waals surface area contributed by atoms with Gasteiger partial charge in [-0.3, -0.25) is 0 Å². The molecule has 0 aliphatic rings. The fourth-order valence-corrected chi connectivity index (χ4v) is 2.10. The molecule has 0 atom stereocenters. The van der Waals surface area contributed by atoms with Crippen LogP contribution in [0.2, 0.25) is 0 Å². The Labute approximate surface area is 180 Å². The van der Waals surface area contributed by atoms with Gasteiger partial charge in [0.05, 0.1) is 6.61 Å². The Hall–Kier alpha value is -1.11. The summed E-state index contributed by atoms with van der Waals surface area (Å²) < 4.78 is 9.46. The summed E-state index contributed by atoms with van der Waals surface area (Å²) in [5.41, 5.74) is 2.55. The predicted octanol–water partition coefficient (Wildman–Crippen LogP) is 7.81. The zero-order chi connectivity index (χ0) is 21.2. The first kappa shape index (κ1) is 30.6. The molecule has 0 amide bonds. The number of hydrogen-bond donors (Lipinski definition) is 0. The van der Waals surface area contributed by atoms with E-state index in [0.29, 0.717) is 0 Å². The van der Waals surface area contributed by atoms with Gasteiger partial charge in [0.2, 0.25) is 0 Å². The first-order valence-electron chi connectivity index (χ1n) is 10.0. The van der Waals surface area contributed by atoms with E-state index in [1.54, 1.807) is 0 Å². The van der Waals surface area contributed by atoms with Crippen LogP contribution in [0.25, 0.3) is 0 Å². The molecule has 2 aromatic carbocycles. The molecule has 2 aromatic rings. The van der Waals surface area contributed by atoms with Gasteiger partial charge in [0.1, 0.15) is 0 Å². The van der Waals surface area contributed by atoms with Gasteiger partial charge >= 0.3 is 65.6 Å². The minimum absolute atomic E-state index is 0.745. The second-order valence-electron chi connectivity index (χ2n) is 4.81. The predicted molar refractivity (Wildman–Crippen MR) is 117 cm³/mol. The van der Waals surface area contributed by atoms with E-state index in [0.717, 1.165) is 32.6 Å². The Morgan fingerprint density at radius 1 is 0.815 bits per heavy atom. The third-order valence-electron chi connectivity index (χ3n) is 2.55. The summed E-state index contributed by atoms with van der Waals surface area (Å²) >= 11 is 1.30. The Bertz CT molecular complexity index is 474. The molecule has 0 spiro atoms. The third kappa shape index (κ3) is 24.9. The number of nitrogens with zero attached hydrogens (tertiary/aromatic N) is 1. The molecular weight excluding hydrogens is 502 g/mol. The molecule has 0 heterocycles. The van der Waals surface area contributed by atoms with Gasteiger partial charge in [-0.25, -0.2) is 0 Å². The average molecular weight is 542 g/mol. The van der Waals surface area contributed by atoms with Crippen molar-refractivity contribution < 1.29 is 24.4 Å². The van der Waals surface area contributed by atoms with E-state index in [1.807, 2.05) is 71.0 Å². The van der Waals surface area contributed by atoms with Crippen molar-refractivity contribution >= 4 is 0 Å². The van der Waals surface area contributed by atoms with Gasteiger partial charge in [-0.2, -0.15) is 6.42 Å². The summed E-state index contributed by atoms with van der Waals surface area (Å²) in [6, 6.07) is 20.5. The van der Waals surface area contributed by atoms with Crippen LogP contribution >= 0.6 is 0 Å². The topological polar surface area (TPSA) is 21.6 Å². The molecule has 0 unspecified atom stereocenters. The number of benzene rings is 2. The average Bonchev–Trinajstić information content (AvgIpc) is 2.74. The molecule has 0 N–H and O–H groups in total. The van der Waals surface area contributed by atoms with E-state index < -0.39 is 0 Å². The zero-order valence-electron chi connectivity index (χ0n) is 18.3. The summed E-state index contributed by atoms with van der Waals surface area (Å²) in [4.78, 5) is 0. The van der Waals surface area contributed by atoms with Crippen LogP contribution in [-0.2, 0) is 37.5 Å². The van der Waals surface area contributed by atoms with E-state index in [1.165, 1.54) is 30.8 Å². The second-order valence-corrected chi connectivity index (χ2v) is 5.74. The van der Waals surface area contributed by atoms with Crippen molar-refractivity contribution in [1.82, 2.24) is 0 Å². The fraction of sp³-hybridized carbons (Fsp3) is 0.458. The van der Waals surface area contributed by atoms with Crippen molar-refractivity contribution in [2.24, 2.45) is 3.50 Å². The molecule has 0 aliphatic heterocycles. The summed E-state index contributed by atoms with van der Waals surface area (Å²) in [6.07, 6.45) is 2.09. The van der Waals surface area contributed by atoms with E-state index in [-0.39, 0.29) is 0 Å². The second kappa shape index (κ2) is 29.6. The summed E-state index contributed by atoms with van der Waals surface area (Å²) in [7, 11) is 0. The molecule has 154 valence electrons. The maximum atomic E-state index is 5.37. The van der Waals surface area contributed by atoms with Crippen LogP contribution in [0.1, 0.15) is 65.5 Å². The van der Waals surface area contributed by atoms with Crippen LogP contribution in [0, 0.1) is 6.92 Å². The van der Waals surface area contributed by atoms with Gasteiger partial charge in [-0.05, 0) is 12.0 Å². The fourth-order valence-electron chi connectivity index (χ4n) is 1.57. The summed E-state index contributed by atoms with van der Waals surface area (Å²) in [5.74, 6) is 0. The molecular formula is C24H40NOW-. The quantitative estimate of drug-likeness (QED) is 0.270. The van der Waals surface area contributed by atoms with Crippen molar-refractivity contribution in [2.75, 3.05) is 6.61 Å². The van der Waals surface area contributed by atoms with Crippen molar-refractivity contribution in [2.45, 2.75) is 67.5 Å². The molecule has 2 nitrogen and oxygen atoms in total. The monoisotopic (exact) mass is 542 g/mol. The molecule has 0 saturated carbocycles. The van der Waals surface area contributed by atoms with Crippen LogP contribution in [0.15, 0.2) is 64.2 Å². The van der Waals surface area contributed by atoms with Crippen molar-refractivity contribution in [3.05, 3.63) is 78.7 Å². The number of hydrogen-bond acceptors (Lipinski definition) is 2. The summed E-state index contributed by atoms with van der Waals surface area (Å²) in [6.45, 7) is 18.1. The van der Waals surface area contributed by atoms with Gasteiger partial charge < -0.3 is 11.7 Å². The van der Waals surface area contributed by atoms with Crippen molar-refractivity contribution in [1.29, 1.82) is 0 Å². The number of ether oxygens (including phenoxy) is 1. The van der Waals surface area contributed by atoms with Gasteiger partial charge in [-0.15, -0.1) is 0 Å². The Balaban J connectivity index is -0.000000324. The van der Waals surface area contributed by atoms with Crippen molar-refractivity contribution in [3.63, 3.8) is 0 Å². The normalized spacial score (nSPS) is 8.11. The third-order valence-corrected chi connectivity index (χ3v) is 3.01. The molecule has 0 radical (unpaired) electrons. The molecule has 2 rings (SSSR count). The van der Waals surface area contributed by atoms with Crippen LogP contribution in [-0.4, -0.2) is 6.61 Å². The van der Waals surface area contributed by atoms with Gasteiger partial charge in [0, 0.05) is 6.61 Å². The molecule has 0 bridgehead atoms. The molecule has 3 heteroatoms. The Kier molecular flexibility index (Phi) is 33.6. The van der Waals surface area contributed by atoms with E-state index in [2.05, 4.69) is 41.6 Å².